The summed E-state index contributed by atoms with van der Waals surface area (Å²) in [5.74, 6) is -2.47. The highest BCUT2D eigenvalue weighted by molar-refractivity contribution is 7.17. The molecule has 0 radical (unpaired) electrons. The average Bonchev–Trinajstić information content (AvgIpc) is 3.51. The molecule has 0 atom stereocenters. The minimum atomic E-state index is -0.968. The number of hydrogen-bond acceptors (Lipinski definition) is 9. The molecule has 4 rings (SSSR count). The van der Waals surface area contributed by atoms with E-state index in [1.54, 1.807) is 55.6 Å². The summed E-state index contributed by atoms with van der Waals surface area (Å²) in [6.45, 7) is 3.60. The third-order valence-electron chi connectivity index (χ3n) is 5.86. The van der Waals surface area contributed by atoms with Crippen LogP contribution < -0.4 is 15.5 Å². The van der Waals surface area contributed by atoms with E-state index in [1.807, 2.05) is 0 Å². The Hall–Kier alpha value is -3.83. The number of esters is 2. The first-order valence-electron chi connectivity index (χ1n) is 12.2. The van der Waals surface area contributed by atoms with Gasteiger partial charge in [0.05, 0.1) is 17.9 Å². The number of carbonyl (C=O) groups excluding carboxylic acids is 4. The third-order valence-corrected chi connectivity index (χ3v) is 7.92. The van der Waals surface area contributed by atoms with Gasteiger partial charge in [-0.1, -0.05) is 12.5 Å². The maximum Gasteiger partial charge on any atom is 0.353 e. The van der Waals surface area contributed by atoms with Gasteiger partial charge < -0.3 is 14.8 Å². The van der Waals surface area contributed by atoms with Crippen LogP contribution in [0.4, 0.5) is 5.00 Å². The van der Waals surface area contributed by atoms with Crippen molar-refractivity contribution in [2.24, 2.45) is 5.10 Å². The summed E-state index contributed by atoms with van der Waals surface area (Å²) in [5.41, 5.74) is 4.60. The standard InChI is InChI=1S/C27H27N3O6S2/c1-3-35-27(34)22-19-8-5-4-6-9-20(19)38-25(22)28-23(31)24(32)30-29-16(2)17-11-13-18(14-12-17)36-26(33)21-10-7-15-37-21/h7,10-15H,3-6,8-9H2,1-2H3,(H,28,31)(H,30,32)/b29-16+. The zero-order valence-electron chi connectivity index (χ0n) is 21.0. The lowest BCUT2D eigenvalue weighted by Gasteiger charge is -2.08. The molecule has 0 bridgehead atoms. The molecule has 2 aromatic heterocycles. The molecule has 0 unspecified atom stereocenters. The first-order chi connectivity index (χ1) is 18.4. The monoisotopic (exact) mass is 553 g/mol. The molecule has 0 fully saturated rings. The molecule has 0 saturated heterocycles. The van der Waals surface area contributed by atoms with E-state index in [0.717, 1.165) is 42.5 Å². The van der Waals surface area contributed by atoms with E-state index in [9.17, 15) is 19.2 Å². The zero-order chi connectivity index (χ0) is 27.1. The highest BCUT2D eigenvalue weighted by Gasteiger charge is 2.28. The molecule has 0 spiro atoms. The van der Waals surface area contributed by atoms with E-state index in [2.05, 4.69) is 15.8 Å². The molecular weight excluding hydrogens is 526 g/mol. The Balaban J connectivity index is 1.39. The van der Waals surface area contributed by atoms with Gasteiger partial charge in [-0.3, -0.25) is 9.59 Å². The van der Waals surface area contributed by atoms with Crippen molar-refractivity contribution >= 4 is 57.1 Å². The smallest absolute Gasteiger partial charge is 0.353 e. The number of aryl methyl sites for hydroxylation is 1. The predicted octanol–water partition coefficient (Wildman–Crippen LogP) is 4.95. The fraction of sp³-hybridized carbons (Fsp3) is 0.296. The van der Waals surface area contributed by atoms with E-state index < -0.39 is 23.8 Å². The maximum absolute atomic E-state index is 12.7. The Morgan fingerprint density at radius 2 is 1.74 bits per heavy atom. The maximum atomic E-state index is 12.7. The van der Waals surface area contributed by atoms with E-state index in [1.165, 1.54) is 22.7 Å². The van der Waals surface area contributed by atoms with Gasteiger partial charge >= 0.3 is 23.8 Å². The van der Waals surface area contributed by atoms with Crippen molar-refractivity contribution < 1.29 is 28.7 Å². The van der Waals surface area contributed by atoms with Gasteiger partial charge in [-0.05, 0) is 86.4 Å². The molecule has 2 heterocycles. The van der Waals surface area contributed by atoms with Gasteiger partial charge in [0, 0.05) is 4.88 Å². The molecule has 198 valence electrons. The number of thiophene rings is 2. The van der Waals surface area contributed by atoms with Gasteiger partial charge in [0.25, 0.3) is 0 Å². The Bertz CT molecular complexity index is 1360. The number of nitrogens with one attached hydrogen (secondary N) is 2. The molecule has 9 nitrogen and oxygen atoms in total. The number of amides is 2. The summed E-state index contributed by atoms with van der Waals surface area (Å²) in [5, 5.41) is 8.71. The first-order valence-corrected chi connectivity index (χ1v) is 13.9. The van der Waals surface area contributed by atoms with E-state index >= 15 is 0 Å². The van der Waals surface area contributed by atoms with Crippen LogP contribution in [0, 0.1) is 0 Å². The van der Waals surface area contributed by atoms with Crippen molar-refractivity contribution in [3.63, 3.8) is 0 Å². The predicted molar refractivity (Wildman–Crippen MR) is 146 cm³/mol. The fourth-order valence-electron chi connectivity index (χ4n) is 3.98. The lowest BCUT2D eigenvalue weighted by molar-refractivity contribution is -0.136. The molecular formula is C27H27N3O6S2. The number of benzene rings is 1. The van der Waals surface area contributed by atoms with Crippen LogP contribution in [0.5, 0.6) is 5.75 Å². The largest absolute Gasteiger partial charge is 0.462 e. The summed E-state index contributed by atoms with van der Waals surface area (Å²) < 4.78 is 10.6. The molecule has 2 amide bonds. The van der Waals surface area contributed by atoms with Crippen LogP contribution in [-0.2, 0) is 27.2 Å². The van der Waals surface area contributed by atoms with E-state index in [0.29, 0.717) is 32.5 Å². The normalized spacial score (nSPS) is 13.2. The van der Waals surface area contributed by atoms with Gasteiger partial charge in [-0.2, -0.15) is 5.10 Å². The molecule has 0 saturated carbocycles. The SMILES string of the molecule is CCOC(=O)c1c(NC(=O)C(=O)N/N=C(\C)c2ccc(OC(=O)c3cccs3)cc2)sc2c1CCCCC2. The van der Waals surface area contributed by atoms with Crippen molar-refractivity contribution in [3.05, 3.63) is 68.2 Å². The molecule has 2 N–H and O–H groups in total. The van der Waals surface area contributed by atoms with Gasteiger partial charge in [0.1, 0.15) is 15.6 Å². The molecule has 38 heavy (non-hydrogen) atoms. The van der Waals surface area contributed by atoms with Gasteiger partial charge in [-0.25, -0.2) is 15.0 Å². The second-order valence-corrected chi connectivity index (χ2v) is 10.5. The summed E-state index contributed by atoms with van der Waals surface area (Å²) in [6.07, 6.45) is 4.60. The highest BCUT2D eigenvalue weighted by Crippen LogP contribution is 2.38. The van der Waals surface area contributed by atoms with E-state index in [-0.39, 0.29) is 6.61 Å². The highest BCUT2D eigenvalue weighted by atomic mass is 32.1. The topological polar surface area (TPSA) is 123 Å². The van der Waals surface area contributed by atoms with Crippen LogP contribution in [0.2, 0.25) is 0 Å². The molecule has 11 heteroatoms. The number of rotatable bonds is 7. The minimum absolute atomic E-state index is 0.212. The second-order valence-electron chi connectivity index (χ2n) is 8.47. The number of hydrazone groups is 1. The molecule has 1 aliphatic carbocycles. The Morgan fingerprint density at radius 3 is 2.45 bits per heavy atom. The first kappa shape index (κ1) is 27.2. The number of hydrogen-bond donors (Lipinski definition) is 2. The zero-order valence-corrected chi connectivity index (χ0v) is 22.6. The number of anilines is 1. The minimum Gasteiger partial charge on any atom is -0.462 e. The Morgan fingerprint density at radius 1 is 0.974 bits per heavy atom. The molecule has 1 aliphatic rings. The molecule has 3 aromatic rings. The van der Waals surface area contributed by atoms with Crippen LogP contribution in [0.15, 0.2) is 46.9 Å². The number of ether oxygens (including phenoxy) is 2. The van der Waals surface area contributed by atoms with Gasteiger partial charge in [0.2, 0.25) is 0 Å². The van der Waals surface area contributed by atoms with Gasteiger partial charge in [-0.15, -0.1) is 22.7 Å². The summed E-state index contributed by atoms with van der Waals surface area (Å²) in [7, 11) is 0. The van der Waals surface area contributed by atoms with Gasteiger partial charge in [0.15, 0.2) is 0 Å². The second kappa shape index (κ2) is 12.6. The van der Waals surface area contributed by atoms with Crippen LogP contribution in [0.25, 0.3) is 0 Å². The lowest BCUT2D eigenvalue weighted by Crippen LogP contribution is -2.33. The summed E-state index contributed by atoms with van der Waals surface area (Å²) in [4.78, 5) is 51.4. The third kappa shape index (κ3) is 6.53. The molecule has 1 aromatic carbocycles. The van der Waals surface area contributed by atoms with Crippen LogP contribution in [0.3, 0.4) is 0 Å². The number of carbonyl (C=O) groups is 4. The summed E-state index contributed by atoms with van der Waals surface area (Å²) in [6, 6.07) is 10.1. The lowest BCUT2D eigenvalue weighted by atomic mass is 10.1. The summed E-state index contributed by atoms with van der Waals surface area (Å²) >= 11 is 2.61. The van der Waals surface area contributed by atoms with Crippen LogP contribution in [0.1, 0.15) is 69.1 Å². The van der Waals surface area contributed by atoms with Crippen LogP contribution >= 0.6 is 22.7 Å². The quantitative estimate of drug-likeness (QED) is 0.107. The molecule has 0 aliphatic heterocycles. The number of nitrogens with zero attached hydrogens (tertiary/aromatic N) is 1. The van der Waals surface area contributed by atoms with E-state index in [4.69, 9.17) is 9.47 Å². The van der Waals surface area contributed by atoms with Crippen molar-refractivity contribution in [2.75, 3.05) is 11.9 Å². The Labute approximate surface area is 227 Å². The van der Waals surface area contributed by atoms with Crippen molar-refractivity contribution in [1.82, 2.24) is 5.43 Å². The Kier molecular flexibility index (Phi) is 9.03. The van der Waals surface area contributed by atoms with Crippen molar-refractivity contribution in [2.45, 2.75) is 46.0 Å². The average molecular weight is 554 g/mol. The van der Waals surface area contributed by atoms with Crippen LogP contribution in [-0.4, -0.2) is 36.1 Å². The fourth-order valence-corrected chi connectivity index (χ4v) is 5.85. The van der Waals surface area contributed by atoms with Crippen molar-refractivity contribution in [1.29, 1.82) is 0 Å². The number of fused-ring (bicyclic) bond motifs is 1. The van der Waals surface area contributed by atoms with Crippen molar-refractivity contribution in [3.8, 4) is 5.75 Å².